The normalized spacial score (nSPS) is 21.9. The summed E-state index contributed by atoms with van der Waals surface area (Å²) in [7, 11) is 1.88. The average molecular weight is 318 g/mol. The van der Waals surface area contributed by atoms with Crippen molar-refractivity contribution >= 4 is 5.91 Å². The molecule has 2 aliphatic heterocycles. The fourth-order valence-corrected chi connectivity index (χ4v) is 3.19. The van der Waals surface area contributed by atoms with Gasteiger partial charge in [-0.3, -0.25) is 9.69 Å². The number of rotatable bonds is 4. The maximum absolute atomic E-state index is 12.5. The van der Waals surface area contributed by atoms with Gasteiger partial charge in [0.15, 0.2) is 0 Å². The molecule has 23 heavy (non-hydrogen) atoms. The van der Waals surface area contributed by atoms with E-state index in [1.54, 1.807) is 0 Å². The van der Waals surface area contributed by atoms with Crippen LogP contribution in [0.25, 0.3) is 0 Å². The molecule has 126 valence electrons. The van der Waals surface area contributed by atoms with Crippen molar-refractivity contribution in [1.29, 1.82) is 0 Å². The minimum atomic E-state index is 0.151. The molecule has 1 saturated heterocycles. The molecular weight excluding hydrogens is 292 g/mol. The predicted octanol–water partition coefficient (Wildman–Crippen LogP) is 1.91. The van der Waals surface area contributed by atoms with Crippen molar-refractivity contribution in [2.75, 3.05) is 39.9 Å². The fraction of sp³-hybridized carbons (Fsp3) is 0.611. The zero-order valence-electron chi connectivity index (χ0n) is 13.9. The van der Waals surface area contributed by atoms with Crippen LogP contribution in [0.15, 0.2) is 24.3 Å². The van der Waals surface area contributed by atoms with Crippen LogP contribution in [0.2, 0.25) is 0 Å². The molecule has 1 fully saturated rings. The number of fused-ring (bicyclic) bond motifs is 1. The second-order valence-electron chi connectivity index (χ2n) is 6.43. The second kappa shape index (κ2) is 7.79. The standard InChI is InChI=1S/C18H26N2O3/c1-19(13-16-7-4-5-10-22-16)18(21)14-20-9-11-23-17-8-3-2-6-15(17)12-20/h2-3,6,8,16H,4-5,7,9-14H2,1H3/t16-/m0/s1. The van der Waals surface area contributed by atoms with Crippen LogP contribution in [0.5, 0.6) is 5.75 Å². The summed E-state index contributed by atoms with van der Waals surface area (Å²) in [5.74, 6) is 1.09. The van der Waals surface area contributed by atoms with Crippen molar-refractivity contribution in [2.45, 2.75) is 31.9 Å². The summed E-state index contributed by atoms with van der Waals surface area (Å²) in [6.07, 6.45) is 3.60. The monoisotopic (exact) mass is 318 g/mol. The summed E-state index contributed by atoms with van der Waals surface area (Å²) in [6.45, 7) is 4.11. The van der Waals surface area contributed by atoms with Crippen molar-refractivity contribution in [1.82, 2.24) is 9.80 Å². The van der Waals surface area contributed by atoms with E-state index in [1.807, 2.05) is 30.1 Å². The number of hydrogen-bond donors (Lipinski definition) is 0. The third-order valence-electron chi connectivity index (χ3n) is 4.57. The molecule has 1 amide bonds. The van der Waals surface area contributed by atoms with Crippen LogP contribution < -0.4 is 4.74 Å². The van der Waals surface area contributed by atoms with Gasteiger partial charge in [0.2, 0.25) is 5.91 Å². The Morgan fingerprint density at radius 1 is 1.30 bits per heavy atom. The van der Waals surface area contributed by atoms with E-state index in [9.17, 15) is 4.79 Å². The molecule has 0 spiro atoms. The summed E-state index contributed by atoms with van der Waals surface area (Å²) in [5, 5.41) is 0. The lowest BCUT2D eigenvalue weighted by molar-refractivity contribution is -0.133. The molecule has 1 aromatic carbocycles. The lowest BCUT2D eigenvalue weighted by Crippen LogP contribution is -2.43. The number of hydrogen-bond acceptors (Lipinski definition) is 4. The number of ether oxygens (including phenoxy) is 2. The van der Waals surface area contributed by atoms with Crippen molar-refractivity contribution in [2.24, 2.45) is 0 Å². The molecule has 1 atom stereocenters. The van der Waals surface area contributed by atoms with Gasteiger partial charge in [-0.1, -0.05) is 18.2 Å². The first-order valence-corrected chi connectivity index (χ1v) is 8.51. The minimum Gasteiger partial charge on any atom is -0.492 e. The minimum absolute atomic E-state index is 0.151. The topological polar surface area (TPSA) is 42.0 Å². The zero-order chi connectivity index (χ0) is 16.1. The number of para-hydroxylation sites is 1. The number of carbonyl (C=O) groups is 1. The molecule has 0 unspecified atom stereocenters. The molecule has 2 aliphatic rings. The highest BCUT2D eigenvalue weighted by molar-refractivity contribution is 5.78. The van der Waals surface area contributed by atoms with Gasteiger partial charge in [-0.25, -0.2) is 0 Å². The Morgan fingerprint density at radius 3 is 3.00 bits per heavy atom. The van der Waals surface area contributed by atoms with Crippen molar-refractivity contribution in [3.63, 3.8) is 0 Å². The van der Waals surface area contributed by atoms with Crippen LogP contribution in [0.4, 0.5) is 0 Å². The molecule has 5 nitrogen and oxygen atoms in total. The molecule has 5 heteroatoms. The van der Waals surface area contributed by atoms with E-state index >= 15 is 0 Å². The zero-order valence-corrected chi connectivity index (χ0v) is 13.9. The van der Waals surface area contributed by atoms with Gasteiger partial charge in [-0.05, 0) is 25.3 Å². The molecular formula is C18H26N2O3. The van der Waals surface area contributed by atoms with Crippen LogP contribution in [0.3, 0.4) is 0 Å². The van der Waals surface area contributed by atoms with Gasteiger partial charge < -0.3 is 14.4 Å². The Hall–Kier alpha value is -1.59. The molecule has 0 aliphatic carbocycles. The van der Waals surface area contributed by atoms with Crippen LogP contribution in [0.1, 0.15) is 24.8 Å². The Labute approximate surface area is 138 Å². The molecule has 0 saturated carbocycles. The predicted molar refractivity (Wildman–Crippen MR) is 88.4 cm³/mol. The van der Waals surface area contributed by atoms with Crippen LogP contribution >= 0.6 is 0 Å². The largest absolute Gasteiger partial charge is 0.492 e. The first-order chi connectivity index (χ1) is 11.2. The van der Waals surface area contributed by atoms with Gasteiger partial charge in [-0.2, -0.15) is 0 Å². The summed E-state index contributed by atoms with van der Waals surface area (Å²) in [4.78, 5) is 16.5. The first kappa shape index (κ1) is 16.3. The van der Waals surface area contributed by atoms with Crippen molar-refractivity contribution in [3.8, 4) is 5.75 Å². The maximum Gasteiger partial charge on any atom is 0.236 e. The van der Waals surface area contributed by atoms with E-state index < -0.39 is 0 Å². The van der Waals surface area contributed by atoms with Crippen molar-refractivity contribution in [3.05, 3.63) is 29.8 Å². The SMILES string of the molecule is CN(C[C@@H]1CCCCO1)C(=O)CN1CCOc2ccccc2C1. The Bertz CT molecular complexity index is 529. The number of likely N-dealkylation sites (N-methyl/N-ethyl adjacent to an activating group) is 1. The number of amides is 1. The number of carbonyl (C=O) groups excluding carboxylic acids is 1. The van der Waals surface area contributed by atoms with Gasteiger partial charge >= 0.3 is 0 Å². The average Bonchev–Trinajstić information content (AvgIpc) is 2.77. The fourth-order valence-electron chi connectivity index (χ4n) is 3.19. The highest BCUT2D eigenvalue weighted by Gasteiger charge is 2.22. The van der Waals surface area contributed by atoms with E-state index in [0.717, 1.165) is 43.9 Å². The van der Waals surface area contributed by atoms with E-state index in [4.69, 9.17) is 9.47 Å². The highest BCUT2D eigenvalue weighted by atomic mass is 16.5. The van der Waals surface area contributed by atoms with Gasteiger partial charge in [0.1, 0.15) is 12.4 Å². The van der Waals surface area contributed by atoms with Gasteiger partial charge in [0.05, 0.1) is 12.6 Å². The van der Waals surface area contributed by atoms with E-state index in [2.05, 4.69) is 11.0 Å². The molecule has 1 aromatic rings. The first-order valence-electron chi connectivity index (χ1n) is 8.51. The highest BCUT2D eigenvalue weighted by Crippen LogP contribution is 2.22. The second-order valence-corrected chi connectivity index (χ2v) is 6.43. The molecule has 3 rings (SSSR count). The van der Waals surface area contributed by atoms with Crippen LogP contribution in [-0.2, 0) is 16.1 Å². The summed E-state index contributed by atoms with van der Waals surface area (Å²) in [5.41, 5.74) is 1.15. The quantitative estimate of drug-likeness (QED) is 0.850. The van der Waals surface area contributed by atoms with Gasteiger partial charge in [-0.15, -0.1) is 0 Å². The van der Waals surface area contributed by atoms with Gasteiger partial charge in [0, 0.05) is 38.9 Å². The Balaban J connectivity index is 1.52. The Kier molecular flexibility index (Phi) is 5.51. The van der Waals surface area contributed by atoms with Crippen LogP contribution in [0, 0.1) is 0 Å². The number of nitrogens with zero attached hydrogens (tertiary/aromatic N) is 2. The molecule has 0 bridgehead atoms. The summed E-state index contributed by atoms with van der Waals surface area (Å²) in [6, 6.07) is 8.06. The van der Waals surface area contributed by atoms with E-state index in [1.165, 1.54) is 6.42 Å². The van der Waals surface area contributed by atoms with Gasteiger partial charge in [0.25, 0.3) is 0 Å². The summed E-state index contributed by atoms with van der Waals surface area (Å²) < 4.78 is 11.5. The smallest absolute Gasteiger partial charge is 0.236 e. The number of benzene rings is 1. The maximum atomic E-state index is 12.5. The molecule has 0 radical (unpaired) electrons. The lowest BCUT2D eigenvalue weighted by atomic mass is 10.1. The third-order valence-corrected chi connectivity index (χ3v) is 4.57. The van der Waals surface area contributed by atoms with E-state index in [-0.39, 0.29) is 12.0 Å². The lowest BCUT2D eigenvalue weighted by Gasteiger charge is -2.29. The summed E-state index contributed by atoms with van der Waals surface area (Å²) >= 11 is 0. The molecule has 2 heterocycles. The molecule has 0 N–H and O–H groups in total. The molecule has 0 aromatic heterocycles. The van der Waals surface area contributed by atoms with Crippen molar-refractivity contribution < 1.29 is 14.3 Å². The van der Waals surface area contributed by atoms with Crippen LogP contribution in [-0.4, -0.2) is 61.7 Å². The third kappa shape index (κ3) is 4.45. The Morgan fingerprint density at radius 2 is 2.17 bits per heavy atom. The van der Waals surface area contributed by atoms with E-state index in [0.29, 0.717) is 19.7 Å².